The molecule has 3 saturated carbocycles. The SMILES string of the molecule is CC(C)(C)n1ncc(C(=O)NC2CCC3CC4CC(NS(C)(=O)=O)(C3)CC42)c1Cl. The van der Waals surface area contributed by atoms with Gasteiger partial charge in [0.25, 0.3) is 5.91 Å². The standard InChI is InChI=1S/C20H31ClN4O3S/c1-19(2,3)25-17(21)15(11-22-25)18(26)23-16-6-5-12-7-13-9-20(8-12,10-14(13)16)24-29(4,27)28/h11-14,16,24H,5-10H2,1-4H3,(H,23,26). The van der Waals surface area contributed by atoms with Crippen LogP contribution in [0.1, 0.15) is 69.7 Å². The largest absolute Gasteiger partial charge is 0.349 e. The third-order valence-corrected chi connectivity index (χ3v) is 8.08. The maximum Gasteiger partial charge on any atom is 0.256 e. The van der Waals surface area contributed by atoms with Gasteiger partial charge in [0.1, 0.15) is 5.15 Å². The Morgan fingerprint density at radius 2 is 2.00 bits per heavy atom. The third kappa shape index (κ3) is 4.08. The molecule has 0 aromatic carbocycles. The van der Waals surface area contributed by atoms with E-state index >= 15 is 0 Å². The fourth-order valence-electron chi connectivity index (χ4n) is 6.06. The molecule has 1 aromatic heterocycles. The highest BCUT2D eigenvalue weighted by Crippen LogP contribution is 2.55. The summed E-state index contributed by atoms with van der Waals surface area (Å²) in [6, 6.07) is 0.0371. The zero-order valence-electron chi connectivity index (χ0n) is 17.5. The molecule has 5 atom stereocenters. The van der Waals surface area contributed by atoms with E-state index in [-0.39, 0.29) is 28.9 Å². The van der Waals surface area contributed by atoms with Gasteiger partial charge in [-0.05, 0) is 77.0 Å². The number of carbonyl (C=O) groups is 1. The van der Waals surface area contributed by atoms with Gasteiger partial charge in [0, 0.05) is 11.6 Å². The number of sulfonamides is 1. The summed E-state index contributed by atoms with van der Waals surface area (Å²) in [6.45, 7) is 5.97. The normalized spacial score (nSPS) is 34.2. The average Bonchev–Trinajstić information content (AvgIpc) is 3.03. The Kier molecular flexibility index (Phi) is 5.07. The lowest BCUT2D eigenvalue weighted by Gasteiger charge is -2.38. The maximum absolute atomic E-state index is 13.0. The lowest BCUT2D eigenvalue weighted by molar-refractivity contribution is 0.0911. The zero-order chi connectivity index (χ0) is 21.2. The van der Waals surface area contributed by atoms with E-state index in [1.165, 1.54) is 12.5 Å². The van der Waals surface area contributed by atoms with E-state index < -0.39 is 10.0 Å². The predicted molar refractivity (Wildman–Crippen MR) is 112 cm³/mol. The van der Waals surface area contributed by atoms with Crippen molar-refractivity contribution >= 4 is 27.5 Å². The van der Waals surface area contributed by atoms with E-state index in [0.29, 0.717) is 22.6 Å². The fraction of sp³-hybridized carbons (Fsp3) is 0.800. The molecule has 0 spiro atoms. The molecule has 1 amide bonds. The summed E-state index contributed by atoms with van der Waals surface area (Å²) in [5.74, 6) is 1.06. The molecule has 0 aliphatic heterocycles. The molecular weight excluding hydrogens is 412 g/mol. The number of rotatable bonds is 4. The van der Waals surface area contributed by atoms with Crippen molar-refractivity contribution in [2.24, 2.45) is 17.8 Å². The monoisotopic (exact) mass is 442 g/mol. The Bertz CT molecular complexity index is 923. The first-order valence-corrected chi connectivity index (χ1v) is 12.7. The summed E-state index contributed by atoms with van der Waals surface area (Å²) in [6.07, 6.45) is 8.43. The molecule has 1 aromatic rings. The van der Waals surface area contributed by atoms with Gasteiger partial charge >= 0.3 is 0 Å². The molecule has 1 heterocycles. The molecule has 3 aliphatic carbocycles. The van der Waals surface area contributed by atoms with Gasteiger partial charge in [0.2, 0.25) is 10.0 Å². The van der Waals surface area contributed by atoms with Gasteiger partial charge in [0.15, 0.2) is 0 Å². The van der Waals surface area contributed by atoms with Crippen LogP contribution in [0.15, 0.2) is 6.20 Å². The van der Waals surface area contributed by atoms with Crippen LogP contribution < -0.4 is 10.0 Å². The van der Waals surface area contributed by atoms with E-state index in [1.807, 2.05) is 20.8 Å². The number of nitrogens with one attached hydrogen (secondary N) is 2. The second kappa shape index (κ2) is 6.95. The van der Waals surface area contributed by atoms with Crippen molar-refractivity contribution in [3.05, 3.63) is 16.9 Å². The number of hydrogen-bond acceptors (Lipinski definition) is 4. The minimum absolute atomic E-state index is 0.0371. The van der Waals surface area contributed by atoms with Crippen LogP contribution in [0, 0.1) is 17.8 Å². The second-order valence-electron chi connectivity index (χ2n) is 10.4. The first-order chi connectivity index (χ1) is 13.4. The highest BCUT2D eigenvalue weighted by Gasteiger charge is 2.55. The molecule has 162 valence electrons. The molecule has 5 unspecified atom stereocenters. The Balaban J connectivity index is 1.54. The lowest BCUT2D eigenvalue weighted by Crippen LogP contribution is -2.50. The molecule has 3 bridgehead atoms. The molecule has 3 fully saturated rings. The van der Waals surface area contributed by atoms with Crippen LogP contribution in [-0.4, -0.2) is 41.9 Å². The van der Waals surface area contributed by atoms with Gasteiger partial charge in [0.05, 0.1) is 23.6 Å². The minimum atomic E-state index is -3.26. The van der Waals surface area contributed by atoms with E-state index in [4.69, 9.17) is 11.6 Å². The maximum atomic E-state index is 13.0. The van der Waals surface area contributed by atoms with Crippen LogP contribution in [0.2, 0.25) is 5.15 Å². The number of halogens is 1. The molecule has 3 aliphatic rings. The molecule has 9 heteroatoms. The van der Waals surface area contributed by atoms with Crippen molar-refractivity contribution in [2.45, 2.75) is 76.4 Å². The molecule has 7 nitrogen and oxygen atoms in total. The average molecular weight is 443 g/mol. The van der Waals surface area contributed by atoms with Crippen LogP contribution in [0.5, 0.6) is 0 Å². The van der Waals surface area contributed by atoms with Gasteiger partial charge in [-0.1, -0.05) is 11.6 Å². The Hall–Kier alpha value is -1.12. The van der Waals surface area contributed by atoms with Crippen LogP contribution in [0.25, 0.3) is 0 Å². The van der Waals surface area contributed by atoms with Crippen molar-refractivity contribution in [3.8, 4) is 0 Å². The summed E-state index contributed by atoms with van der Waals surface area (Å²) >= 11 is 6.45. The van der Waals surface area contributed by atoms with Crippen molar-refractivity contribution in [1.82, 2.24) is 19.8 Å². The summed E-state index contributed by atoms with van der Waals surface area (Å²) in [5, 5.41) is 7.87. The molecule has 2 N–H and O–H groups in total. The number of aromatic nitrogens is 2. The van der Waals surface area contributed by atoms with E-state index in [9.17, 15) is 13.2 Å². The Morgan fingerprint density at radius 3 is 2.62 bits per heavy atom. The Labute approximate surface area is 178 Å². The number of hydrogen-bond donors (Lipinski definition) is 2. The summed E-state index contributed by atoms with van der Waals surface area (Å²) < 4.78 is 28.5. The number of carbonyl (C=O) groups excluding carboxylic acids is 1. The van der Waals surface area contributed by atoms with Crippen molar-refractivity contribution in [2.75, 3.05) is 6.26 Å². The van der Waals surface area contributed by atoms with E-state index in [2.05, 4.69) is 15.1 Å². The molecule has 4 rings (SSSR count). The molecular formula is C20H31ClN4O3S. The molecule has 29 heavy (non-hydrogen) atoms. The first-order valence-electron chi connectivity index (χ1n) is 10.4. The van der Waals surface area contributed by atoms with Gasteiger partial charge in [-0.15, -0.1) is 0 Å². The van der Waals surface area contributed by atoms with Crippen LogP contribution >= 0.6 is 11.6 Å². The number of nitrogens with zero attached hydrogens (tertiary/aromatic N) is 2. The Morgan fingerprint density at radius 1 is 1.28 bits per heavy atom. The van der Waals surface area contributed by atoms with E-state index in [1.54, 1.807) is 4.68 Å². The number of fused-ring (bicyclic) bond motifs is 2. The van der Waals surface area contributed by atoms with Gasteiger partial charge < -0.3 is 5.32 Å². The van der Waals surface area contributed by atoms with Gasteiger partial charge in [-0.3, -0.25) is 4.79 Å². The first kappa shape index (κ1) is 21.1. The highest BCUT2D eigenvalue weighted by molar-refractivity contribution is 7.88. The van der Waals surface area contributed by atoms with Gasteiger partial charge in [-0.25, -0.2) is 17.8 Å². The number of amides is 1. The summed E-state index contributed by atoms with van der Waals surface area (Å²) in [7, 11) is -3.26. The molecule has 0 saturated heterocycles. The van der Waals surface area contributed by atoms with Crippen LogP contribution in [-0.2, 0) is 15.6 Å². The quantitative estimate of drug-likeness (QED) is 0.749. The lowest BCUT2D eigenvalue weighted by atomic mass is 9.76. The summed E-state index contributed by atoms with van der Waals surface area (Å²) in [4.78, 5) is 13.0. The summed E-state index contributed by atoms with van der Waals surface area (Å²) in [5.41, 5.74) is -0.252. The van der Waals surface area contributed by atoms with Crippen molar-refractivity contribution in [1.29, 1.82) is 0 Å². The van der Waals surface area contributed by atoms with Crippen LogP contribution in [0.3, 0.4) is 0 Å². The third-order valence-electron chi connectivity index (χ3n) is 6.91. The van der Waals surface area contributed by atoms with Gasteiger partial charge in [-0.2, -0.15) is 5.10 Å². The van der Waals surface area contributed by atoms with E-state index in [0.717, 1.165) is 38.5 Å². The van der Waals surface area contributed by atoms with Crippen molar-refractivity contribution in [3.63, 3.8) is 0 Å². The fourth-order valence-corrected chi connectivity index (χ4v) is 7.53. The highest BCUT2D eigenvalue weighted by atomic mass is 35.5. The zero-order valence-corrected chi connectivity index (χ0v) is 19.1. The smallest absolute Gasteiger partial charge is 0.256 e. The minimum Gasteiger partial charge on any atom is -0.349 e. The predicted octanol–water partition coefficient (Wildman–Crippen LogP) is 2.91. The van der Waals surface area contributed by atoms with Crippen molar-refractivity contribution < 1.29 is 13.2 Å². The second-order valence-corrected chi connectivity index (χ2v) is 12.5. The topological polar surface area (TPSA) is 93.1 Å². The molecule has 0 radical (unpaired) electrons. The van der Waals surface area contributed by atoms with Crippen LogP contribution in [0.4, 0.5) is 0 Å².